The third-order valence-electron chi connectivity index (χ3n) is 7.47. The Bertz CT molecular complexity index is 1090. The number of hydrogen-bond donors (Lipinski definition) is 1. The molecule has 2 fully saturated rings. The second-order valence-corrected chi connectivity index (χ2v) is 12.0. The van der Waals surface area contributed by atoms with Crippen LogP contribution in [0.4, 0.5) is 13.2 Å². The SMILES string of the molecule is Cc1cc(C)c(OC(=O)C2CCC3CC(C(=O)OC(C)(CS(=O)(=O)O)C(F)(F)F)CCC3C2)c(C)c1. The van der Waals surface area contributed by atoms with Crippen LogP contribution in [-0.2, 0) is 24.4 Å². The van der Waals surface area contributed by atoms with Crippen LogP contribution in [0.2, 0.25) is 0 Å². The van der Waals surface area contributed by atoms with Gasteiger partial charge in [-0.05, 0) is 89.2 Å². The summed E-state index contributed by atoms with van der Waals surface area (Å²) >= 11 is 0. The van der Waals surface area contributed by atoms with Crippen LogP contribution < -0.4 is 4.74 Å². The minimum Gasteiger partial charge on any atom is -0.448 e. The molecule has 0 aromatic heterocycles. The Kier molecular flexibility index (Phi) is 8.15. The van der Waals surface area contributed by atoms with Crippen LogP contribution >= 0.6 is 0 Å². The summed E-state index contributed by atoms with van der Waals surface area (Å²) in [5.41, 5.74) is -0.502. The molecule has 1 aromatic rings. The molecule has 0 heterocycles. The number of carbonyl (C=O) groups is 2. The standard InChI is InChI=1S/C25H33F3O7S/c1-14-9-15(2)21(16(3)10-14)34-22(29)19-7-5-18-12-20(8-6-17(18)11-19)23(30)35-24(4,25(26,27)28)13-36(31,32)33/h9-10,17-20H,5-8,11-13H2,1-4H3,(H,31,32,33). The van der Waals surface area contributed by atoms with E-state index in [9.17, 15) is 31.2 Å². The minimum atomic E-state index is -5.18. The summed E-state index contributed by atoms with van der Waals surface area (Å²) < 4.78 is 82.0. The third-order valence-corrected chi connectivity index (χ3v) is 8.39. The van der Waals surface area contributed by atoms with Crippen molar-refractivity contribution < 1.29 is 45.2 Å². The number of rotatable bonds is 6. The molecule has 0 aliphatic heterocycles. The van der Waals surface area contributed by atoms with E-state index in [0.29, 0.717) is 44.8 Å². The molecule has 1 N–H and O–H groups in total. The molecule has 0 spiro atoms. The number of aryl methyl sites for hydroxylation is 3. The van der Waals surface area contributed by atoms with Gasteiger partial charge < -0.3 is 9.47 Å². The van der Waals surface area contributed by atoms with Crippen molar-refractivity contribution in [2.75, 3.05) is 5.75 Å². The topological polar surface area (TPSA) is 107 Å². The van der Waals surface area contributed by atoms with Crippen LogP contribution in [0.5, 0.6) is 5.75 Å². The zero-order valence-corrected chi connectivity index (χ0v) is 21.7. The second-order valence-electron chi connectivity index (χ2n) is 10.6. The Morgan fingerprint density at radius 1 is 0.944 bits per heavy atom. The Morgan fingerprint density at radius 3 is 1.86 bits per heavy atom. The summed E-state index contributed by atoms with van der Waals surface area (Å²) in [6.45, 7) is 6.19. The Morgan fingerprint density at radius 2 is 1.42 bits per heavy atom. The van der Waals surface area contributed by atoms with E-state index >= 15 is 0 Å². The van der Waals surface area contributed by atoms with E-state index in [1.165, 1.54) is 0 Å². The van der Waals surface area contributed by atoms with Crippen molar-refractivity contribution in [2.45, 2.75) is 78.0 Å². The Hall–Kier alpha value is -2.14. The van der Waals surface area contributed by atoms with Crippen molar-refractivity contribution in [3.05, 3.63) is 28.8 Å². The molecule has 2 saturated carbocycles. The Balaban J connectivity index is 1.61. The van der Waals surface area contributed by atoms with Gasteiger partial charge in [-0.3, -0.25) is 14.1 Å². The summed E-state index contributed by atoms with van der Waals surface area (Å²) in [7, 11) is -5.05. The predicted octanol–water partition coefficient (Wildman–Crippen LogP) is 5.10. The number of halogens is 3. The van der Waals surface area contributed by atoms with Gasteiger partial charge in [0, 0.05) is 0 Å². The summed E-state index contributed by atoms with van der Waals surface area (Å²) in [4.78, 5) is 25.5. The Labute approximate surface area is 209 Å². The lowest BCUT2D eigenvalue weighted by molar-refractivity contribution is -0.258. The highest BCUT2D eigenvalue weighted by molar-refractivity contribution is 7.85. The molecule has 2 aliphatic rings. The van der Waals surface area contributed by atoms with Crippen LogP contribution in [-0.4, -0.2) is 42.4 Å². The maximum Gasteiger partial charge on any atom is 0.429 e. The number of esters is 2. The minimum absolute atomic E-state index is 0.0434. The van der Waals surface area contributed by atoms with E-state index in [2.05, 4.69) is 4.74 Å². The average molecular weight is 535 g/mol. The normalized spacial score (nSPS) is 26.4. The molecule has 0 amide bonds. The molecule has 0 radical (unpaired) electrons. The van der Waals surface area contributed by atoms with Gasteiger partial charge in [0.25, 0.3) is 10.1 Å². The molecule has 202 valence electrons. The van der Waals surface area contributed by atoms with Gasteiger partial charge in [0.15, 0.2) is 0 Å². The number of hydrogen-bond acceptors (Lipinski definition) is 6. The van der Waals surface area contributed by atoms with Gasteiger partial charge in [-0.25, -0.2) is 0 Å². The van der Waals surface area contributed by atoms with Crippen LogP contribution in [0.3, 0.4) is 0 Å². The van der Waals surface area contributed by atoms with Crippen LogP contribution in [0.1, 0.15) is 62.1 Å². The zero-order chi connectivity index (χ0) is 27.1. The number of benzene rings is 1. The lowest BCUT2D eigenvalue weighted by atomic mass is 9.65. The van der Waals surface area contributed by atoms with Crippen molar-refractivity contribution >= 4 is 22.1 Å². The third kappa shape index (κ3) is 6.59. The molecule has 0 bridgehead atoms. The molecule has 1 aromatic carbocycles. The molecule has 36 heavy (non-hydrogen) atoms. The van der Waals surface area contributed by atoms with Gasteiger partial charge in [0.1, 0.15) is 11.5 Å². The molecule has 3 rings (SSSR count). The number of alkyl halides is 3. The van der Waals surface area contributed by atoms with Crippen molar-refractivity contribution in [3.8, 4) is 5.75 Å². The first-order chi connectivity index (χ1) is 16.5. The quantitative estimate of drug-likeness (QED) is 0.307. The molecule has 2 aliphatic carbocycles. The number of ether oxygens (including phenoxy) is 2. The van der Waals surface area contributed by atoms with Crippen LogP contribution in [0.15, 0.2) is 12.1 Å². The maximum atomic E-state index is 13.5. The van der Waals surface area contributed by atoms with E-state index in [4.69, 9.17) is 9.29 Å². The number of fused-ring (bicyclic) bond motifs is 1. The molecule has 7 nitrogen and oxygen atoms in total. The van der Waals surface area contributed by atoms with Crippen molar-refractivity contribution in [1.82, 2.24) is 0 Å². The van der Waals surface area contributed by atoms with Crippen molar-refractivity contribution in [2.24, 2.45) is 23.7 Å². The van der Waals surface area contributed by atoms with Crippen LogP contribution in [0.25, 0.3) is 0 Å². The first-order valence-electron chi connectivity index (χ1n) is 12.0. The molecule has 11 heteroatoms. The first kappa shape index (κ1) is 28.4. The lowest BCUT2D eigenvalue weighted by Gasteiger charge is -2.41. The fourth-order valence-corrected chi connectivity index (χ4v) is 6.57. The monoisotopic (exact) mass is 534 g/mol. The smallest absolute Gasteiger partial charge is 0.429 e. The highest BCUT2D eigenvalue weighted by Gasteiger charge is 2.57. The van der Waals surface area contributed by atoms with Gasteiger partial charge >= 0.3 is 18.1 Å². The van der Waals surface area contributed by atoms with Gasteiger partial charge in [0.05, 0.1) is 11.8 Å². The average Bonchev–Trinajstić information content (AvgIpc) is 2.73. The van der Waals surface area contributed by atoms with E-state index in [1.54, 1.807) is 0 Å². The summed E-state index contributed by atoms with van der Waals surface area (Å²) in [6, 6.07) is 3.90. The van der Waals surface area contributed by atoms with Crippen LogP contribution in [0, 0.1) is 44.4 Å². The fraction of sp³-hybridized carbons (Fsp3) is 0.680. The van der Waals surface area contributed by atoms with E-state index in [1.807, 2.05) is 32.9 Å². The number of carbonyl (C=O) groups excluding carboxylic acids is 2. The highest BCUT2D eigenvalue weighted by atomic mass is 32.2. The lowest BCUT2D eigenvalue weighted by Crippen LogP contribution is -2.52. The summed E-state index contributed by atoms with van der Waals surface area (Å²) in [5.74, 6) is -3.54. The van der Waals surface area contributed by atoms with E-state index in [-0.39, 0.29) is 30.1 Å². The summed E-state index contributed by atoms with van der Waals surface area (Å²) in [6.07, 6.45) is -2.30. The predicted molar refractivity (Wildman–Crippen MR) is 125 cm³/mol. The second kappa shape index (κ2) is 10.3. The summed E-state index contributed by atoms with van der Waals surface area (Å²) in [5, 5.41) is 0. The molecule has 0 saturated heterocycles. The van der Waals surface area contributed by atoms with E-state index < -0.39 is 39.5 Å². The molecular weight excluding hydrogens is 501 g/mol. The van der Waals surface area contributed by atoms with Gasteiger partial charge in [0.2, 0.25) is 5.60 Å². The highest BCUT2D eigenvalue weighted by Crippen LogP contribution is 2.46. The molecular formula is C25H33F3O7S. The first-order valence-corrected chi connectivity index (χ1v) is 13.6. The zero-order valence-electron chi connectivity index (χ0n) is 20.9. The molecule has 5 unspecified atom stereocenters. The maximum absolute atomic E-state index is 13.5. The van der Waals surface area contributed by atoms with Gasteiger partial charge in [-0.1, -0.05) is 17.7 Å². The van der Waals surface area contributed by atoms with Gasteiger partial charge in [-0.15, -0.1) is 0 Å². The molecule has 5 atom stereocenters. The fourth-order valence-electron chi connectivity index (χ4n) is 5.65. The van der Waals surface area contributed by atoms with Crippen molar-refractivity contribution in [3.63, 3.8) is 0 Å². The van der Waals surface area contributed by atoms with Gasteiger partial charge in [-0.2, -0.15) is 21.6 Å². The largest absolute Gasteiger partial charge is 0.448 e. The van der Waals surface area contributed by atoms with E-state index in [0.717, 1.165) is 16.7 Å². The van der Waals surface area contributed by atoms with Crippen molar-refractivity contribution in [1.29, 1.82) is 0 Å².